The summed E-state index contributed by atoms with van der Waals surface area (Å²) in [5.74, 6) is 1.89. The van der Waals surface area contributed by atoms with E-state index in [0.717, 1.165) is 56.6 Å². The van der Waals surface area contributed by atoms with Crippen LogP contribution in [0.25, 0.3) is 0 Å². The number of fused-ring (bicyclic) bond motifs is 2. The molecule has 2 saturated heterocycles. The molecule has 0 spiro atoms. The highest BCUT2D eigenvalue weighted by Crippen LogP contribution is 2.51. The van der Waals surface area contributed by atoms with Crippen LogP contribution in [0.4, 0.5) is 0 Å². The molecular formula is C63H65Cl2N3O2S2. The van der Waals surface area contributed by atoms with Gasteiger partial charge in [0, 0.05) is 49.0 Å². The average molecular weight is 1030 g/mol. The van der Waals surface area contributed by atoms with Crippen molar-refractivity contribution < 1.29 is 9.59 Å². The molecule has 2 fully saturated rings. The third kappa shape index (κ3) is 11.5. The Bertz CT molecular complexity index is 2620. The highest BCUT2D eigenvalue weighted by atomic mass is 35.5. The number of hydrogen-bond acceptors (Lipinski definition) is 6. The smallest absolute Gasteiger partial charge is 0.234 e. The van der Waals surface area contributed by atoms with Crippen LogP contribution in [0.3, 0.4) is 0 Å². The van der Waals surface area contributed by atoms with Crippen molar-refractivity contribution in [1.82, 2.24) is 15.1 Å². The predicted octanol–water partition coefficient (Wildman–Crippen LogP) is 14.2. The monoisotopic (exact) mass is 1030 g/mol. The lowest BCUT2D eigenvalue weighted by Crippen LogP contribution is -2.51. The molecule has 2 heterocycles. The van der Waals surface area contributed by atoms with Crippen LogP contribution < -0.4 is 5.32 Å². The second-order valence-electron chi connectivity index (χ2n) is 19.1. The molecule has 2 aliphatic rings. The number of piperidine rings is 1. The van der Waals surface area contributed by atoms with Gasteiger partial charge in [0.15, 0.2) is 0 Å². The summed E-state index contributed by atoms with van der Waals surface area (Å²) in [6.45, 7) is 5.18. The molecular weight excluding hydrogens is 966 g/mol. The number of ketones is 1. The van der Waals surface area contributed by atoms with Crippen molar-refractivity contribution in [2.45, 2.75) is 66.5 Å². The van der Waals surface area contributed by atoms with Crippen LogP contribution in [0.15, 0.2) is 200 Å². The molecule has 1 unspecified atom stereocenters. The Morgan fingerprint density at radius 2 is 1.06 bits per heavy atom. The standard InChI is InChI=1S/C63H65Cl2N3O2S2/c1-2-59(69)61-55(47-34-36-56(64)57(65)44-47)45-54-35-37-58(61)68(54)40-21-39-67(41-43-72-63(51-28-15-6-16-29-51,52-30-17-7-18-31-52)53-32-19-8-20-33-53)46-60(70)66-38-42-71-62(48-22-9-3-10-23-48,49-24-11-4-12-25-49)50-26-13-5-14-27-50/h3-20,22-34,36,44,54-55,58,61H,2,21,35,37-43,45-46H2,1H3,(H,66,70)/t54?,55-,58+,61-/m0/s1. The zero-order chi connectivity index (χ0) is 49.8. The van der Waals surface area contributed by atoms with E-state index in [4.69, 9.17) is 23.2 Å². The van der Waals surface area contributed by atoms with Crippen LogP contribution in [0.2, 0.25) is 10.0 Å². The highest BCUT2D eigenvalue weighted by molar-refractivity contribution is 8.00. The van der Waals surface area contributed by atoms with Gasteiger partial charge in [-0.25, -0.2) is 0 Å². The van der Waals surface area contributed by atoms with E-state index >= 15 is 0 Å². The topological polar surface area (TPSA) is 52.7 Å². The number of benzene rings is 7. The molecule has 0 aliphatic carbocycles. The van der Waals surface area contributed by atoms with E-state index in [1.807, 2.05) is 42.6 Å². The first-order chi connectivity index (χ1) is 35.3. The van der Waals surface area contributed by atoms with Gasteiger partial charge in [-0.15, -0.1) is 23.5 Å². The van der Waals surface area contributed by atoms with Gasteiger partial charge in [-0.2, -0.15) is 0 Å². The number of carbonyl (C=O) groups is 2. The zero-order valence-electron chi connectivity index (χ0n) is 41.1. The van der Waals surface area contributed by atoms with Gasteiger partial charge in [0.05, 0.1) is 26.1 Å². The number of amides is 1. The third-order valence-electron chi connectivity index (χ3n) is 15.0. The first kappa shape index (κ1) is 51.8. The molecule has 9 heteroatoms. The van der Waals surface area contributed by atoms with Gasteiger partial charge < -0.3 is 5.32 Å². The fraction of sp³-hybridized carbons (Fsp3) is 0.302. The SMILES string of the molecule is CCC(=O)[C@@H]1[C@H]2CCC(C[C@H]1c1ccc(Cl)c(Cl)c1)N2CCCN(CCSC(c1ccccc1)(c1ccccc1)c1ccccc1)CC(=O)NCCSC(c1ccccc1)(c1ccccc1)c1ccccc1. The number of carbonyl (C=O) groups excluding carboxylic acids is 2. The van der Waals surface area contributed by atoms with Crippen molar-refractivity contribution in [2.24, 2.45) is 5.92 Å². The minimum Gasteiger partial charge on any atom is -0.354 e. The molecule has 7 aromatic rings. The summed E-state index contributed by atoms with van der Waals surface area (Å²) in [5, 5.41) is 4.45. The molecule has 2 aliphatic heterocycles. The van der Waals surface area contributed by atoms with Crippen LogP contribution >= 0.6 is 46.7 Å². The molecule has 0 radical (unpaired) electrons. The number of hydrogen-bond donors (Lipinski definition) is 1. The largest absolute Gasteiger partial charge is 0.354 e. The molecule has 9 rings (SSSR count). The maximum atomic E-state index is 14.3. The molecule has 1 amide bonds. The summed E-state index contributed by atoms with van der Waals surface area (Å²) in [6, 6.07) is 71.2. The van der Waals surface area contributed by atoms with Crippen LogP contribution in [0, 0.1) is 5.92 Å². The fourth-order valence-electron chi connectivity index (χ4n) is 11.7. The van der Waals surface area contributed by atoms with Crippen molar-refractivity contribution in [3.05, 3.63) is 249 Å². The Morgan fingerprint density at radius 1 is 0.597 bits per heavy atom. The maximum absolute atomic E-state index is 14.3. The van der Waals surface area contributed by atoms with Crippen molar-refractivity contribution in [2.75, 3.05) is 44.2 Å². The Morgan fingerprint density at radius 3 is 1.50 bits per heavy atom. The van der Waals surface area contributed by atoms with E-state index in [0.29, 0.717) is 47.1 Å². The second-order valence-corrected chi connectivity index (χ2v) is 22.6. The van der Waals surface area contributed by atoms with E-state index in [2.05, 4.69) is 203 Å². The lowest BCUT2D eigenvalue weighted by atomic mass is 9.73. The van der Waals surface area contributed by atoms with Crippen molar-refractivity contribution in [3.8, 4) is 0 Å². The van der Waals surface area contributed by atoms with E-state index in [9.17, 15) is 9.59 Å². The molecule has 370 valence electrons. The van der Waals surface area contributed by atoms with Crippen LogP contribution in [-0.4, -0.2) is 77.8 Å². The Balaban J connectivity index is 0.936. The number of Topliss-reactive ketones (excluding diaryl/α,β-unsaturated/α-hetero) is 1. The summed E-state index contributed by atoms with van der Waals surface area (Å²) in [5.41, 5.74) is 8.41. The number of nitrogens with zero attached hydrogens (tertiary/aromatic N) is 2. The first-order valence-electron chi connectivity index (χ1n) is 25.7. The van der Waals surface area contributed by atoms with Gasteiger partial charge in [0.25, 0.3) is 0 Å². The van der Waals surface area contributed by atoms with Gasteiger partial charge in [0.1, 0.15) is 5.78 Å². The summed E-state index contributed by atoms with van der Waals surface area (Å²) in [6.07, 6.45) is 4.42. The predicted molar refractivity (Wildman–Crippen MR) is 304 cm³/mol. The lowest BCUT2D eigenvalue weighted by molar-refractivity contribution is -0.127. The van der Waals surface area contributed by atoms with Crippen molar-refractivity contribution in [1.29, 1.82) is 0 Å². The Labute approximate surface area is 446 Å². The van der Waals surface area contributed by atoms with Gasteiger partial charge in [0.2, 0.25) is 5.91 Å². The van der Waals surface area contributed by atoms with Crippen LogP contribution in [0.5, 0.6) is 0 Å². The van der Waals surface area contributed by atoms with Crippen LogP contribution in [-0.2, 0) is 19.1 Å². The molecule has 5 nitrogen and oxygen atoms in total. The van der Waals surface area contributed by atoms with E-state index in [1.165, 1.54) is 33.4 Å². The van der Waals surface area contributed by atoms with Gasteiger partial charge in [-0.1, -0.05) is 218 Å². The number of halogens is 2. The Hall–Kier alpha value is -5.12. The normalized spacial score (nSPS) is 18.0. The summed E-state index contributed by atoms with van der Waals surface area (Å²) < 4.78 is -0.923. The second kappa shape index (κ2) is 24.7. The van der Waals surface area contributed by atoms with Crippen molar-refractivity contribution >= 4 is 58.4 Å². The van der Waals surface area contributed by atoms with E-state index in [1.54, 1.807) is 0 Å². The number of rotatable bonds is 23. The van der Waals surface area contributed by atoms with Crippen LogP contribution in [0.1, 0.15) is 83.9 Å². The molecule has 0 saturated carbocycles. The van der Waals surface area contributed by atoms with Gasteiger partial charge in [-0.05, 0) is 95.8 Å². The highest BCUT2D eigenvalue weighted by Gasteiger charge is 2.49. The maximum Gasteiger partial charge on any atom is 0.234 e. The molecule has 7 aromatic carbocycles. The molecule has 4 atom stereocenters. The fourth-order valence-corrected chi connectivity index (χ4v) is 15.0. The summed E-state index contributed by atoms with van der Waals surface area (Å²) >= 11 is 16.7. The third-order valence-corrected chi connectivity index (χ3v) is 18.8. The Kier molecular flexibility index (Phi) is 17.8. The molecule has 72 heavy (non-hydrogen) atoms. The average Bonchev–Trinajstić information content (AvgIpc) is 3.71. The summed E-state index contributed by atoms with van der Waals surface area (Å²) in [4.78, 5) is 33.2. The van der Waals surface area contributed by atoms with Gasteiger partial charge >= 0.3 is 0 Å². The minimum atomic E-state index is -0.462. The van der Waals surface area contributed by atoms with E-state index in [-0.39, 0.29) is 23.8 Å². The summed E-state index contributed by atoms with van der Waals surface area (Å²) in [7, 11) is 0. The number of nitrogens with one attached hydrogen (secondary N) is 1. The van der Waals surface area contributed by atoms with Crippen molar-refractivity contribution in [3.63, 3.8) is 0 Å². The zero-order valence-corrected chi connectivity index (χ0v) is 44.3. The quantitative estimate of drug-likeness (QED) is 0.0509. The molecule has 2 bridgehead atoms. The first-order valence-corrected chi connectivity index (χ1v) is 28.4. The molecule has 1 N–H and O–H groups in total. The molecule has 0 aromatic heterocycles. The number of thioether (sulfide) groups is 2. The van der Waals surface area contributed by atoms with E-state index < -0.39 is 9.49 Å². The lowest BCUT2D eigenvalue weighted by Gasteiger charge is -2.44. The van der Waals surface area contributed by atoms with Gasteiger partial charge in [-0.3, -0.25) is 19.4 Å². The minimum absolute atomic E-state index is 0.0295.